The Morgan fingerprint density at radius 3 is 2.39 bits per heavy atom. The van der Waals surface area contributed by atoms with Gasteiger partial charge in [-0.25, -0.2) is 4.39 Å². The maximum absolute atomic E-state index is 14.1. The van der Waals surface area contributed by atoms with Crippen molar-refractivity contribution in [3.63, 3.8) is 0 Å². The Balaban J connectivity index is 2.48. The number of halogens is 1. The summed E-state index contributed by atoms with van der Waals surface area (Å²) < 4.78 is 14.1. The van der Waals surface area contributed by atoms with Crippen molar-refractivity contribution in [3.8, 4) is 0 Å². The Hall–Kier alpha value is -1.19. The van der Waals surface area contributed by atoms with Crippen molar-refractivity contribution in [1.82, 2.24) is 5.32 Å². The average molecular weight is 263 g/mol. The second kappa shape index (κ2) is 5.21. The summed E-state index contributed by atoms with van der Waals surface area (Å²) in [6, 6.07) is 7.51. The van der Waals surface area contributed by atoms with E-state index >= 15 is 0 Å². The topological polar surface area (TPSA) is 12.0 Å². The zero-order valence-corrected chi connectivity index (χ0v) is 12.0. The minimum atomic E-state index is -0.139. The van der Waals surface area contributed by atoms with E-state index in [1.165, 1.54) is 15.3 Å². The third-order valence-corrected chi connectivity index (χ3v) is 4.31. The van der Waals surface area contributed by atoms with E-state index in [2.05, 4.69) is 25.2 Å². The molecule has 0 spiro atoms. The molecule has 96 valence electrons. The number of rotatable bonds is 3. The smallest absolute Gasteiger partial charge is 0.128 e. The highest BCUT2D eigenvalue weighted by Gasteiger charge is 2.19. The first-order valence-corrected chi connectivity index (χ1v) is 6.85. The zero-order valence-electron chi connectivity index (χ0n) is 11.2. The second-order valence-electron chi connectivity index (χ2n) is 4.65. The first-order chi connectivity index (χ1) is 8.52. The fraction of sp³-hybridized carbons (Fsp3) is 0.333. The minimum Gasteiger partial charge on any atom is -0.309 e. The quantitative estimate of drug-likeness (QED) is 0.878. The number of aryl methyl sites for hydroxylation is 3. The van der Waals surface area contributed by atoms with Crippen molar-refractivity contribution >= 4 is 11.3 Å². The lowest BCUT2D eigenvalue weighted by atomic mass is 10.0. The SMILES string of the molecule is CNC(c1ccc(C)cc1F)c1sc(C)cc1C. The lowest BCUT2D eigenvalue weighted by Crippen LogP contribution is -2.18. The summed E-state index contributed by atoms with van der Waals surface area (Å²) in [6.45, 7) is 6.07. The van der Waals surface area contributed by atoms with Crippen molar-refractivity contribution in [2.75, 3.05) is 7.05 Å². The van der Waals surface area contributed by atoms with Gasteiger partial charge in [0.2, 0.25) is 0 Å². The van der Waals surface area contributed by atoms with Gasteiger partial charge in [0.15, 0.2) is 0 Å². The van der Waals surface area contributed by atoms with Crippen LogP contribution in [0.5, 0.6) is 0 Å². The molecule has 18 heavy (non-hydrogen) atoms. The van der Waals surface area contributed by atoms with Crippen molar-refractivity contribution < 1.29 is 4.39 Å². The highest BCUT2D eigenvalue weighted by atomic mass is 32.1. The van der Waals surface area contributed by atoms with Crippen LogP contribution in [0.15, 0.2) is 24.3 Å². The van der Waals surface area contributed by atoms with Crippen molar-refractivity contribution in [1.29, 1.82) is 0 Å². The molecular weight excluding hydrogens is 245 g/mol. The van der Waals surface area contributed by atoms with Crippen molar-refractivity contribution in [3.05, 3.63) is 56.5 Å². The van der Waals surface area contributed by atoms with Gasteiger partial charge in [-0.05, 0) is 51.1 Å². The van der Waals surface area contributed by atoms with Crippen LogP contribution in [0.1, 0.15) is 32.5 Å². The highest BCUT2D eigenvalue weighted by Crippen LogP contribution is 2.32. The van der Waals surface area contributed by atoms with Gasteiger partial charge in [-0.15, -0.1) is 11.3 Å². The standard InChI is InChI=1S/C15H18FNS/c1-9-5-6-12(13(16)7-9)14(17-4)15-10(2)8-11(3)18-15/h5-8,14,17H,1-4H3. The molecule has 0 aliphatic rings. The number of thiophene rings is 1. The molecule has 1 heterocycles. The number of benzene rings is 1. The van der Waals surface area contributed by atoms with Crippen molar-refractivity contribution in [2.45, 2.75) is 26.8 Å². The predicted molar refractivity (Wildman–Crippen MR) is 75.8 cm³/mol. The molecule has 1 aromatic carbocycles. The van der Waals surface area contributed by atoms with Crippen LogP contribution in [0, 0.1) is 26.6 Å². The molecule has 0 saturated heterocycles. The van der Waals surface area contributed by atoms with Gasteiger partial charge in [-0.2, -0.15) is 0 Å². The van der Waals surface area contributed by atoms with Crippen LogP contribution in [-0.2, 0) is 0 Å². The molecular formula is C15H18FNS. The minimum absolute atomic E-state index is 0.0655. The van der Waals surface area contributed by atoms with E-state index in [9.17, 15) is 4.39 Å². The maximum atomic E-state index is 14.1. The van der Waals surface area contributed by atoms with Gasteiger partial charge in [0, 0.05) is 15.3 Å². The third kappa shape index (κ3) is 2.47. The molecule has 0 amide bonds. The van der Waals surface area contributed by atoms with E-state index in [0.717, 1.165) is 5.56 Å². The normalized spacial score (nSPS) is 12.7. The Bertz CT molecular complexity index is 560. The largest absolute Gasteiger partial charge is 0.309 e. The van der Waals surface area contributed by atoms with Crippen molar-refractivity contribution in [2.24, 2.45) is 0 Å². The summed E-state index contributed by atoms with van der Waals surface area (Å²) in [5.74, 6) is -0.139. The molecule has 0 aliphatic carbocycles. The summed E-state index contributed by atoms with van der Waals surface area (Å²) >= 11 is 1.73. The molecule has 1 N–H and O–H groups in total. The molecule has 3 heteroatoms. The van der Waals surface area contributed by atoms with E-state index in [1.807, 2.05) is 26.1 Å². The van der Waals surface area contributed by atoms with E-state index in [1.54, 1.807) is 17.4 Å². The lowest BCUT2D eigenvalue weighted by Gasteiger charge is -2.17. The fourth-order valence-corrected chi connectivity index (χ4v) is 3.41. The van der Waals surface area contributed by atoms with Gasteiger partial charge in [-0.3, -0.25) is 0 Å². The Kier molecular flexibility index (Phi) is 3.83. The molecule has 2 rings (SSSR count). The lowest BCUT2D eigenvalue weighted by molar-refractivity contribution is 0.577. The Morgan fingerprint density at radius 1 is 1.17 bits per heavy atom. The average Bonchev–Trinajstić information content (AvgIpc) is 2.62. The molecule has 2 aromatic rings. The van der Waals surface area contributed by atoms with Gasteiger partial charge in [0.1, 0.15) is 5.82 Å². The third-order valence-electron chi connectivity index (χ3n) is 3.10. The fourth-order valence-electron chi connectivity index (χ4n) is 2.24. The van der Waals surface area contributed by atoms with Gasteiger partial charge >= 0.3 is 0 Å². The molecule has 1 nitrogen and oxygen atoms in total. The number of nitrogens with one attached hydrogen (secondary N) is 1. The van der Waals surface area contributed by atoms with Crippen LogP contribution in [0.3, 0.4) is 0 Å². The first kappa shape index (κ1) is 13.2. The van der Waals surface area contributed by atoms with Crippen LogP contribution in [0.2, 0.25) is 0 Å². The molecule has 0 saturated carbocycles. The molecule has 0 bridgehead atoms. The van der Waals surface area contributed by atoms with Gasteiger partial charge < -0.3 is 5.32 Å². The zero-order chi connectivity index (χ0) is 13.3. The molecule has 1 atom stereocenters. The summed E-state index contributed by atoms with van der Waals surface area (Å²) in [4.78, 5) is 2.45. The van der Waals surface area contributed by atoms with Crippen LogP contribution >= 0.6 is 11.3 Å². The van der Waals surface area contributed by atoms with Crippen LogP contribution in [-0.4, -0.2) is 7.05 Å². The number of hydrogen-bond acceptors (Lipinski definition) is 2. The second-order valence-corrected chi connectivity index (χ2v) is 5.94. The summed E-state index contributed by atoms with van der Waals surface area (Å²) in [6.07, 6.45) is 0. The number of hydrogen-bond donors (Lipinski definition) is 1. The molecule has 0 fully saturated rings. The van der Waals surface area contributed by atoms with Gasteiger partial charge in [0.05, 0.1) is 6.04 Å². The van der Waals surface area contributed by atoms with E-state index < -0.39 is 0 Å². The van der Waals surface area contributed by atoms with Crippen LogP contribution in [0.25, 0.3) is 0 Å². The molecule has 0 aliphatic heterocycles. The molecule has 0 radical (unpaired) electrons. The summed E-state index contributed by atoms with van der Waals surface area (Å²) in [7, 11) is 1.87. The van der Waals surface area contributed by atoms with E-state index in [-0.39, 0.29) is 11.9 Å². The van der Waals surface area contributed by atoms with Crippen LogP contribution < -0.4 is 5.32 Å². The van der Waals surface area contributed by atoms with E-state index in [4.69, 9.17) is 0 Å². The van der Waals surface area contributed by atoms with E-state index in [0.29, 0.717) is 5.56 Å². The van der Waals surface area contributed by atoms with Crippen LogP contribution in [0.4, 0.5) is 4.39 Å². The monoisotopic (exact) mass is 263 g/mol. The summed E-state index contributed by atoms with van der Waals surface area (Å²) in [5.41, 5.74) is 2.88. The predicted octanol–water partition coefficient (Wildman–Crippen LogP) is 4.12. The Labute approximate surface area is 112 Å². The Morgan fingerprint density at radius 2 is 1.89 bits per heavy atom. The molecule has 1 unspecified atom stereocenters. The highest BCUT2D eigenvalue weighted by molar-refractivity contribution is 7.12. The van der Waals surface area contributed by atoms with Gasteiger partial charge in [-0.1, -0.05) is 12.1 Å². The first-order valence-electron chi connectivity index (χ1n) is 6.03. The maximum Gasteiger partial charge on any atom is 0.128 e. The summed E-state index contributed by atoms with van der Waals surface area (Å²) in [5, 5.41) is 3.22. The molecule has 1 aromatic heterocycles. The van der Waals surface area contributed by atoms with Gasteiger partial charge in [0.25, 0.3) is 0 Å².